The van der Waals surface area contributed by atoms with Crippen molar-refractivity contribution in [3.63, 3.8) is 0 Å². The maximum Gasteiger partial charge on any atom is 0.319 e. The molecule has 0 saturated carbocycles. The zero-order valence-electron chi connectivity index (χ0n) is 24.2. The van der Waals surface area contributed by atoms with E-state index in [9.17, 15) is 13.9 Å². The number of hydrogen-bond acceptors (Lipinski definition) is 8. The van der Waals surface area contributed by atoms with Gasteiger partial charge in [-0.1, -0.05) is 19.4 Å². The number of rotatable bonds is 6. The van der Waals surface area contributed by atoms with E-state index >= 15 is 4.39 Å². The molecule has 8 nitrogen and oxygen atoms in total. The van der Waals surface area contributed by atoms with E-state index in [0.717, 1.165) is 45.2 Å². The lowest BCUT2D eigenvalue weighted by Crippen LogP contribution is -2.43. The first-order valence-electron chi connectivity index (χ1n) is 15.2. The van der Waals surface area contributed by atoms with Gasteiger partial charge in [-0.05, 0) is 73.2 Å². The van der Waals surface area contributed by atoms with Gasteiger partial charge < -0.3 is 9.84 Å². The lowest BCUT2D eigenvalue weighted by atomic mass is 9.94. The summed E-state index contributed by atoms with van der Waals surface area (Å²) < 4.78 is 52.2. The van der Waals surface area contributed by atoms with Crippen molar-refractivity contribution in [3.8, 4) is 23.0 Å². The van der Waals surface area contributed by atoms with Crippen molar-refractivity contribution in [2.24, 2.45) is 0 Å². The van der Waals surface area contributed by atoms with Crippen molar-refractivity contribution in [3.05, 3.63) is 47.7 Å². The predicted octanol–water partition coefficient (Wildman–Crippen LogP) is 5.84. The third-order valence-corrected chi connectivity index (χ3v) is 9.25. The second-order valence-electron chi connectivity index (χ2n) is 12.0. The number of nitrogens with zero attached hydrogens (tertiary/aromatic N) is 5. The molecule has 0 spiro atoms. The maximum atomic E-state index is 16.7. The number of alkyl halides is 1. The minimum absolute atomic E-state index is 0.00851. The Morgan fingerprint density at radius 2 is 2.00 bits per heavy atom. The molecule has 2 atom stereocenters. The van der Waals surface area contributed by atoms with Gasteiger partial charge >= 0.3 is 6.01 Å². The second-order valence-corrected chi connectivity index (χ2v) is 12.0. The van der Waals surface area contributed by atoms with Crippen LogP contribution < -0.4 is 15.2 Å². The van der Waals surface area contributed by atoms with Crippen molar-refractivity contribution in [1.82, 2.24) is 25.3 Å². The van der Waals surface area contributed by atoms with Gasteiger partial charge in [0.2, 0.25) is 0 Å². The highest BCUT2D eigenvalue weighted by molar-refractivity contribution is 6.01. The van der Waals surface area contributed by atoms with E-state index in [4.69, 9.17) is 9.72 Å². The molecule has 4 aromatic rings. The zero-order valence-corrected chi connectivity index (χ0v) is 24.2. The van der Waals surface area contributed by atoms with E-state index in [0.29, 0.717) is 53.5 Å². The fourth-order valence-corrected chi connectivity index (χ4v) is 7.21. The number of phenols is 1. The quantitative estimate of drug-likeness (QED) is 0.289. The third-order valence-electron chi connectivity index (χ3n) is 9.25. The van der Waals surface area contributed by atoms with Crippen LogP contribution in [0.15, 0.2) is 30.5 Å². The number of phenolic OH excluding ortho intramolecular Hbond substituents is 1. The van der Waals surface area contributed by atoms with Gasteiger partial charge in [-0.3, -0.25) is 14.9 Å². The Kier molecular flexibility index (Phi) is 7.25. The highest BCUT2D eigenvalue weighted by Gasteiger charge is 2.49. The van der Waals surface area contributed by atoms with Gasteiger partial charge in [0, 0.05) is 37.8 Å². The van der Waals surface area contributed by atoms with Crippen molar-refractivity contribution in [1.29, 1.82) is 0 Å². The SMILES string of the molecule is CCc1c(F)ccc2cc(O)cc(-c3ncc4c(N5CCCCCN5)nc(OC[C@@]56CCCN5C[C@H](F)C6)nc4c3F)c12. The molecule has 0 bridgehead atoms. The molecule has 2 aromatic carbocycles. The van der Waals surface area contributed by atoms with Crippen LogP contribution in [0.4, 0.5) is 19.0 Å². The Balaban J connectivity index is 1.37. The minimum atomic E-state index is -0.903. The van der Waals surface area contributed by atoms with E-state index < -0.39 is 23.3 Å². The summed E-state index contributed by atoms with van der Waals surface area (Å²) in [5, 5.41) is 13.9. The van der Waals surface area contributed by atoms with Gasteiger partial charge in [-0.2, -0.15) is 9.97 Å². The normalized spacial score (nSPS) is 22.8. The number of fused-ring (bicyclic) bond motifs is 3. The van der Waals surface area contributed by atoms with Crippen LogP contribution >= 0.6 is 0 Å². The third kappa shape index (κ3) is 4.92. The summed E-state index contributed by atoms with van der Waals surface area (Å²) in [5.74, 6) is -0.749. The van der Waals surface area contributed by atoms with Gasteiger partial charge in [0.1, 0.15) is 35.6 Å². The second kappa shape index (κ2) is 11.1. The van der Waals surface area contributed by atoms with Gasteiger partial charge in [0.05, 0.1) is 10.9 Å². The van der Waals surface area contributed by atoms with Gasteiger partial charge in [0.15, 0.2) is 11.6 Å². The molecule has 3 saturated heterocycles. The highest BCUT2D eigenvalue weighted by atomic mass is 19.1. The fraction of sp³-hybridized carbons (Fsp3) is 0.469. The first kappa shape index (κ1) is 28.1. The Hall–Kier alpha value is -3.70. The van der Waals surface area contributed by atoms with Gasteiger partial charge in [-0.25, -0.2) is 18.6 Å². The Morgan fingerprint density at radius 1 is 1.12 bits per heavy atom. The summed E-state index contributed by atoms with van der Waals surface area (Å²) in [6.07, 6.45) is 6.18. The number of benzene rings is 2. The Labute approximate surface area is 247 Å². The number of halogens is 3. The molecule has 3 fully saturated rings. The van der Waals surface area contributed by atoms with Crippen LogP contribution in [0.2, 0.25) is 0 Å². The van der Waals surface area contributed by atoms with E-state index in [1.165, 1.54) is 24.4 Å². The molecule has 0 aliphatic carbocycles. The van der Waals surface area contributed by atoms with Crippen molar-refractivity contribution >= 4 is 27.5 Å². The number of hydrazine groups is 1. The van der Waals surface area contributed by atoms with Crippen LogP contribution in [0.3, 0.4) is 0 Å². The van der Waals surface area contributed by atoms with Crippen molar-refractivity contribution in [2.45, 2.75) is 63.6 Å². The average molecular weight is 593 g/mol. The van der Waals surface area contributed by atoms with Crippen LogP contribution in [0, 0.1) is 11.6 Å². The molecular formula is C32H35F3N6O2. The number of aromatic hydroxyl groups is 1. The van der Waals surface area contributed by atoms with Crippen molar-refractivity contribution in [2.75, 3.05) is 37.8 Å². The molecule has 2 aromatic heterocycles. The molecule has 3 aliphatic rings. The predicted molar refractivity (Wildman–Crippen MR) is 159 cm³/mol. The Bertz CT molecular complexity index is 1700. The first-order valence-corrected chi connectivity index (χ1v) is 15.2. The number of pyridine rings is 1. The van der Waals surface area contributed by atoms with Crippen LogP contribution in [0.1, 0.15) is 51.0 Å². The fourth-order valence-electron chi connectivity index (χ4n) is 7.21. The lowest BCUT2D eigenvalue weighted by molar-refractivity contribution is 0.107. The lowest BCUT2D eigenvalue weighted by Gasteiger charge is -2.31. The molecule has 226 valence electrons. The Morgan fingerprint density at radius 3 is 2.86 bits per heavy atom. The average Bonchev–Trinajstić information content (AvgIpc) is 3.37. The molecule has 5 heterocycles. The van der Waals surface area contributed by atoms with Crippen LogP contribution in [0.5, 0.6) is 11.8 Å². The summed E-state index contributed by atoms with van der Waals surface area (Å²) >= 11 is 0. The highest BCUT2D eigenvalue weighted by Crippen LogP contribution is 2.41. The number of aryl methyl sites for hydroxylation is 1. The van der Waals surface area contributed by atoms with Crippen LogP contribution in [-0.2, 0) is 6.42 Å². The van der Waals surface area contributed by atoms with Gasteiger partial charge in [-0.15, -0.1) is 0 Å². The first-order chi connectivity index (χ1) is 20.9. The van der Waals surface area contributed by atoms with E-state index in [1.807, 2.05) is 11.9 Å². The molecule has 3 aliphatic heterocycles. The molecule has 2 N–H and O–H groups in total. The molecule has 7 rings (SSSR count). The summed E-state index contributed by atoms with van der Waals surface area (Å²) in [5.41, 5.74) is 3.62. The molecular weight excluding hydrogens is 557 g/mol. The van der Waals surface area contributed by atoms with Crippen LogP contribution in [-0.4, -0.2) is 69.5 Å². The number of anilines is 1. The maximum absolute atomic E-state index is 16.7. The van der Waals surface area contributed by atoms with Gasteiger partial charge in [0.25, 0.3) is 0 Å². The smallest absolute Gasteiger partial charge is 0.319 e. The number of nitrogens with one attached hydrogen (secondary N) is 1. The monoisotopic (exact) mass is 592 g/mol. The topological polar surface area (TPSA) is 86.6 Å². The van der Waals surface area contributed by atoms with Crippen molar-refractivity contribution < 1.29 is 23.0 Å². The molecule has 43 heavy (non-hydrogen) atoms. The number of ether oxygens (including phenoxy) is 1. The largest absolute Gasteiger partial charge is 0.508 e. The number of aromatic nitrogens is 3. The zero-order chi connectivity index (χ0) is 29.7. The summed E-state index contributed by atoms with van der Waals surface area (Å²) in [6.45, 7) is 4.66. The van der Waals surface area contributed by atoms with E-state index in [-0.39, 0.29) is 35.1 Å². The van der Waals surface area contributed by atoms with E-state index in [1.54, 1.807) is 6.07 Å². The molecule has 0 amide bonds. The summed E-state index contributed by atoms with van der Waals surface area (Å²) in [6, 6.07) is 5.88. The summed E-state index contributed by atoms with van der Waals surface area (Å²) in [4.78, 5) is 15.9. The number of hydrogen-bond donors (Lipinski definition) is 2. The minimum Gasteiger partial charge on any atom is -0.508 e. The summed E-state index contributed by atoms with van der Waals surface area (Å²) in [7, 11) is 0. The molecule has 0 unspecified atom stereocenters. The van der Waals surface area contributed by atoms with E-state index in [2.05, 4.69) is 20.3 Å². The molecule has 0 radical (unpaired) electrons. The van der Waals surface area contributed by atoms with Crippen LogP contribution in [0.25, 0.3) is 32.9 Å². The molecule has 11 heteroatoms. The standard InChI is InChI=1S/C32H35F3N6O2/c1-2-22-25(34)8-7-19-13-21(42)14-23(26(19)22)28-27(35)29-24(16-36-28)30(41-12-5-3-4-10-37-41)39-31(38-29)43-18-32-9-6-11-40(32)17-20(33)15-32/h7-8,13-14,16,20,37,42H,2-6,9-12,15,17-18H2,1H3/t20-,32+/m1/s1.